The van der Waals surface area contributed by atoms with E-state index in [0.29, 0.717) is 5.92 Å². The molecular formula is C13H16N2O. The molecule has 0 saturated carbocycles. The second kappa shape index (κ2) is 4.00. The van der Waals surface area contributed by atoms with Gasteiger partial charge >= 0.3 is 0 Å². The molecule has 16 heavy (non-hydrogen) atoms. The fraction of sp³-hybridized carbons (Fsp3) is 0.308. The number of hydrogen-bond acceptors (Lipinski definition) is 2. The zero-order valence-corrected chi connectivity index (χ0v) is 9.78. The molecule has 0 atom stereocenters. The first-order chi connectivity index (χ1) is 7.58. The first kappa shape index (κ1) is 10.7. The minimum absolute atomic E-state index is 0.280. The highest BCUT2D eigenvalue weighted by Gasteiger charge is 2.13. The Kier molecular flexibility index (Phi) is 2.69. The molecule has 0 bridgehead atoms. The molecular weight excluding hydrogens is 200 g/mol. The molecule has 1 aromatic carbocycles. The number of aromatic hydroxyl groups is 1. The average Bonchev–Trinajstić information content (AvgIpc) is 2.61. The van der Waals surface area contributed by atoms with Crippen molar-refractivity contribution in [2.75, 3.05) is 0 Å². The van der Waals surface area contributed by atoms with Crippen molar-refractivity contribution in [3.8, 4) is 17.0 Å². The quantitative estimate of drug-likeness (QED) is 0.809. The third-order valence-electron chi connectivity index (χ3n) is 2.57. The van der Waals surface area contributed by atoms with E-state index < -0.39 is 0 Å². The Bertz CT molecular complexity index is 483. The van der Waals surface area contributed by atoms with Gasteiger partial charge in [-0.2, -0.15) is 0 Å². The number of nitrogens with zero attached hydrogens (tertiary/aromatic N) is 1. The number of aryl methyl sites for hydroxylation is 1. The van der Waals surface area contributed by atoms with Crippen LogP contribution in [0.3, 0.4) is 0 Å². The van der Waals surface area contributed by atoms with Crippen molar-refractivity contribution in [3.63, 3.8) is 0 Å². The van der Waals surface area contributed by atoms with Crippen LogP contribution < -0.4 is 0 Å². The molecule has 0 saturated heterocycles. The minimum Gasteiger partial charge on any atom is -0.508 e. The summed E-state index contributed by atoms with van der Waals surface area (Å²) in [6, 6.07) is 7.14. The maximum absolute atomic E-state index is 9.26. The molecule has 2 N–H and O–H groups in total. The van der Waals surface area contributed by atoms with Crippen LogP contribution in [0.15, 0.2) is 24.3 Å². The first-order valence-corrected chi connectivity index (χ1v) is 5.44. The number of hydrogen-bond donors (Lipinski definition) is 2. The minimum atomic E-state index is 0.280. The van der Waals surface area contributed by atoms with Crippen LogP contribution in [-0.4, -0.2) is 15.1 Å². The van der Waals surface area contributed by atoms with Crippen LogP contribution in [0.1, 0.15) is 31.3 Å². The third-order valence-corrected chi connectivity index (χ3v) is 2.57. The van der Waals surface area contributed by atoms with E-state index >= 15 is 0 Å². The molecule has 3 nitrogen and oxygen atoms in total. The van der Waals surface area contributed by atoms with E-state index in [1.807, 2.05) is 19.1 Å². The van der Waals surface area contributed by atoms with E-state index in [1.165, 1.54) is 0 Å². The molecule has 0 radical (unpaired) electrons. The lowest BCUT2D eigenvalue weighted by Crippen LogP contribution is -1.91. The van der Waals surface area contributed by atoms with Crippen molar-refractivity contribution >= 4 is 0 Å². The number of H-pyrrole nitrogens is 1. The van der Waals surface area contributed by atoms with Crippen LogP contribution in [0, 0.1) is 6.92 Å². The van der Waals surface area contributed by atoms with Crippen LogP contribution in [0.4, 0.5) is 0 Å². The number of benzene rings is 1. The van der Waals surface area contributed by atoms with Gasteiger partial charge in [0.2, 0.25) is 0 Å². The lowest BCUT2D eigenvalue weighted by Gasteiger charge is -2.05. The van der Waals surface area contributed by atoms with Crippen molar-refractivity contribution in [2.24, 2.45) is 0 Å². The molecule has 1 heterocycles. The van der Waals surface area contributed by atoms with Gasteiger partial charge in [-0.15, -0.1) is 0 Å². The van der Waals surface area contributed by atoms with Crippen molar-refractivity contribution < 1.29 is 5.11 Å². The van der Waals surface area contributed by atoms with Crippen molar-refractivity contribution in [1.82, 2.24) is 9.97 Å². The van der Waals surface area contributed by atoms with Crippen molar-refractivity contribution in [3.05, 3.63) is 35.8 Å². The van der Waals surface area contributed by atoms with E-state index in [2.05, 4.69) is 23.8 Å². The third kappa shape index (κ3) is 1.94. The smallest absolute Gasteiger partial charge is 0.115 e. The van der Waals surface area contributed by atoms with Crippen LogP contribution in [0.25, 0.3) is 11.3 Å². The maximum Gasteiger partial charge on any atom is 0.115 e. The largest absolute Gasteiger partial charge is 0.508 e. The van der Waals surface area contributed by atoms with Crippen LogP contribution in [-0.2, 0) is 0 Å². The van der Waals surface area contributed by atoms with Crippen molar-refractivity contribution in [1.29, 1.82) is 0 Å². The Hall–Kier alpha value is -1.77. The Morgan fingerprint density at radius 3 is 2.38 bits per heavy atom. The zero-order valence-electron chi connectivity index (χ0n) is 9.78. The lowest BCUT2D eigenvalue weighted by molar-refractivity contribution is 0.475. The molecule has 84 valence electrons. The van der Waals surface area contributed by atoms with Crippen LogP contribution in [0.2, 0.25) is 0 Å². The molecule has 1 aromatic heterocycles. The van der Waals surface area contributed by atoms with Gasteiger partial charge in [0.25, 0.3) is 0 Å². The highest BCUT2D eigenvalue weighted by atomic mass is 16.3. The summed E-state index contributed by atoms with van der Waals surface area (Å²) in [7, 11) is 0. The molecule has 0 aliphatic heterocycles. The Labute approximate surface area is 95.2 Å². The van der Waals surface area contributed by atoms with Gasteiger partial charge < -0.3 is 10.1 Å². The highest BCUT2D eigenvalue weighted by Crippen LogP contribution is 2.28. The molecule has 3 heteroatoms. The molecule has 0 aliphatic rings. The molecule has 0 aliphatic carbocycles. The maximum atomic E-state index is 9.26. The van der Waals surface area contributed by atoms with E-state index in [0.717, 1.165) is 22.8 Å². The van der Waals surface area contributed by atoms with Gasteiger partial charge in [-0.1, -0.05) is 13.8 Å². The Morgan fingerprint density at radius 1 is 1.19 bits per heavy atom. The second-order valence-electron chi connectivity index (χ2n) is 4.29. The topological polar surface area (TPSA) is 48.9 Å². The number of nitrogens with one attached hydrogen (secondary N) is 1. The fourth-order valence-corrected chi connectivity index (χ4v) is 1.77. The summed E-state index contributed by atoms with van der Waals surface area (Å²) in [4.78, 5) is 7.78. The first-order valence-electron chi connectivity index (χ1n) is 5.44. The zero-order chi connectivity index (χ0) is 11.7. The predicted octanol–water partition coefficient (Wildman–Crippen LogP) is 3.21. The fourth-order valence-electron chi connectivity index (χ4n) is 1.77. The summed E-state index contributed by atoms with van der Waals surface area (Å²) >= 11 is 0. The van der Waals surface area contributed by atoms with Crippen LogP contribution >= 0.6 is 0 Å². The normalized spacial score (nSPS) is 11.0. The second-order valence-corrected chi connectivity index (χ2v) is 4.29. The van der Waals surface area contributed by atoms with Crippen molar-refractivity contribution in [2.45, 2.75) is 26.7 Å². The van der Waals surface area contributed by atoms with Gasteiger partial charge in [-0.05, 0) is 37.1 Å². The number of phenols is 1. The highest BCUT2D eigenvalue weighted by molar-refractivity contribution is 5.63. The summed E-state index contributed by atoms with van der Waals surface area (Å²) in [6.07, 6.45) is 0. The number of rotatable bonds is 2. The average molecular weight is 216 g/mol. The monoisotopic (exact) mass is 216 g/mol. The summed E-state index contributed by atoms with van der Waals surface area (Å²) in [6.45, 7) is 6.23. The SMILES string of the molecule is Cc1nc(-c2ccc(O)cc2)c(C(C)C)[nH]1. The number of imidazole rings is 1. The Morgan fingerprint density at radius 2 is 1.81 bits per heavy atom. The molecule has 0 spiro atoms. The van der Waals surface area contributed by atoms with E-state index in [4.69, 9.17) is 0 Å². The van der Waals surface area contributed by atoms with Gasteiger partial charge in [0.15, 0.2) is 0 Å². The summed E-state index contributed by atoms with van der Waals surface area (Å²) in [5, 5.41) is 9.26. The van der Waals surface area contributed by atoms with Gasteiger partial charge in [-0.25, -0.2) is 4.98 Å². The molecule has 0 fully saturated rings. The van der Waals surface area contributed by atoms with E-state index in [-0.39, 0.29) is 5.75 Å². The molecule has 2 aromatic rings. The van der Waals surface area contributed by atoms with Gasteiger partial charge in [-0.3, -0.25) is 0 Å². The number of aromatic nitrogens is 2. The molecule has 0 unspecified atom stereocenters. The lowest BCUT2D eigenvalue weighted by atomic mass is 10.0. The summed E-state index contributed by atoms with van der Waals surface area (Å²) in [5.74, 6) is 1.61. The van der Waals surface area contributed by atoms with E-state index in [1.54, 1.807) is 12.1 Å². The summed E-state index contributed by atoms with van der Waals surface area (Å²) < 4.78 is 0. The van der Waals surface area contributed by atoms with Gasteiger partial charge in [0.1, 0.15) is 11.6 Å². The van der Waals surface area contributed by atoms with Crippen LogP contribution in [0.5, 0.6) is 5.75 Å². The molecule has 2 rings (SSSR count). The number of aromatic amines is 1. The van der Waals surface area contributed by atoms with Gasteiger partial charge in [0.05, 0.1) is 5.69 Å². The predicted molar refractivity (Wildman–Crippen MR) is 64.5 cm³/mol. The summed E-state index contributed by atoms with van der Waals surface area (Å²) in [5.41, 5.74) is 3.15. The Balaban J connectivity index is 2.50. The van der Waals surface area contributed by atoms with E-state index in [9.17, 15) is 5.11 Å². The van der Waals surface area contributed by atoms with Gasteiger partial charge in [0, 0.05) is 11.3 Å². The number of phenolic OH excluding ortho intramolecular Hbond substituents is 1. The standard InChI is InChI=1S/C13H16N2O/c1-8(2)12-13(15-9(3)14-12)10-4-6-11(16)7-5-10/h4-8,16H,1-3H3,(H,14,15). The molecule has 0 amide bonds.